The van der Waals surface area contributed by atoms with Gasteiger partial charge in [-0.05, 0) is 77.2 Å². The normalized spacial score (nSPS) is 14.5. The minimum absolute atomic E-state index is 0.105. The van der Waals surface area contributed by atoms with Crippen molar-refractivity contribution in [2.75, 3.05) is 24.6 Å². The Morgan fingerprint density at radius 3 is 2.37 bits per heavy atom. The molecule has 1 atom stereocenters. The number of carbonyl (C=O) groups is 2. The van der Waals surface area contributed by atoms with Gasteiger partial charge in [-0.1, -0.05) is 48.5 Å². The summed E-state index contributed by atoms with van der Waals surface area (Å²) in [5, 5.41) is 2.77. The summed E-state index contributed by atoms with van der Waals surface area (Å²) >= 11 is 0. The Morgan fingerprint density at radius 1 is 0.935 bits per heavy atom. The highest BCUT2D eigenvalue weighted by molar-refractivity contribution is 7.93. The van der Waals surface area contributed by atoms with Crippen molar-refractivity contribution in [2.24, 2.45) is 0 Å². The lowest BCUT2D eigenvalue weighted by Gasteiger charge is -2.26. The van der Waals surface area contributed by atoms with E-state index < -0.39 is 33.7 Å². The maximum absolute atomic E-state index is 13.9. The molecule has 0 fully saturated rings. The van der Waals surface area contributed by atoms with E-state index in [1.165, 1.54) is 43.5 Å². The smallest absolute Gasteiger partial charge is 0.416 e. The SMILES string of the molecule is COC(=O)Cc1ccc(OCCNC(=O)[C@@H]2Cc3ccccc3N2S(=O)(=O)c2ccc(-c3cccc(C(F)(F)F)c3)cc2)cc1C. The number of hydrogen-bond donors (Lipinski definition) is 1. The second-order valence-corrected chi connectivity index (χ2v) is 12.5. The maximum atomic E-state index is 13.9. The molecule has 4 aromatic rings. The Morgan fingerprint density at radius 2 is 1.67 bits per heavy atom. The first-order valence-corrected chi connectivity index (χ1v) is 15.8. The van der Waals surface area contributed by atoms with Gasteiger partial charge in [0, 0.05) is 6.42 Å². The molecule has 0 saturated heterocycles. The van der Waals surface area contributed by atoms with Gasteiger partial charge in [0.2, 0.25) is 5.91 Å². The minimum atomic E-state index is -4.51. The standard InChI is InChI=1S/C34H31F3N2O6S/c1-22-18-28(13-10-24(22)21-32(40)44-2)45-17-16-38-33(41)31-20-26-6-3-4-9-30(26)39(31)46(42,43)29-14-11-23(12-15-29)25-7-5-8-27(19-25)34(35,36)37/h3-15,18-19,31H,16-17,20-21H2,1-2H3,(H,38,41)/t31-/m0/s1. The lowest BCUT2D eigenvalue weighted by molar-refractivity contribution is -0.140. The summed E-state index contributed by atoms with van der Waals surface area (Å²) in [6.07, 6.45) is -4.21. The Balaban J connectivity index is 1.29. The summed E-state index contributed by atoms with van der Waals surface area (Å²) in [6, 6.07) is 21.4. The molecule has 0 saturated carbocycles. The molecule has 1 aliphatic heterocycles. The van der Waals surface area contributed by atoms with Gasteiger partial charge < -0.3 is 14.8 Å². The van der Waals surface area contributed by atoms with E-state index in [2.05, 4.69) is 5.32 Å². The number of nitrogens with one attached hydrogen (secondary N) is 1. The van der Waals surface area contributed by atoms with Crippen LogP contribution in [-0.4, -0.2) is 46.6 Å². The van der Waals surface area contributed by atoms with Gasteiger partial charge in [0.15, 0.2) is 0 Å². The molecule has 0 aliphatic carbocycles. The molecule has 5 rings (SSSR count). The van der Waals surface area contributed by atoms with Crippen molar-refractivity contribution in [3.8, 4) is 16.9 Å². The zero-order valence-electron chi connectivity index (χ0n) is 25.0. The molecule has 1 heterocycles. The second-order valence-electron chi connectivity index (χ2n) is 10.7. The zero-order valence-corrected chi connectivity index (χ0v) is 25.8. The van der Waals surface area contributed by atoms with Crippen LogP contribution in [0, 0.1) is 6.92 Å². The molecule has 1 N–H and O–H groups in total. The average molecular weight is 653 g/mol. The fraction of sp³-hybridized carbons (Fsp3) is 0.235. The molecular weight excluding hydrogens is 621 g/mol. The van der Waals surface area contributed by atoms with Crippen molar-refractivity contribution in [3.05, 3.63) is 113 Å². The lowest BCUT2D eigenvalue weighted by Crippen LogP contribution is -2.48. The first kappa shape index (κ1) is 32.6. The van der Waals surface area contributed by atoms with Crippen LogP contribution in [0.4, 0.5) is 18.9 Å². The van der Waals surface area contributed by atoms with E-state index in [9.17, 15) is 31.2 Å². The Kier molecular flexibility index (Phi) is 9.38. The number of rotatable bonds is 10. The quantitative estimate of drug-likeness (QED) is 0.174. The molecule has 0 unspecified atom stereocenters. The molecule has 0 radical (unpaired) electrons. The van der Waals surface area contributed by atoms with E-state index in [-0.39, 0.29) is 42.4 Å². The summed E-state index contributed by atoms with van der Waals surface area (Å²) in [6.45, 7) is 2.07. The van der Waals surface area contributed by atoms with Gasteiger partial charge in [-0.2, -0.15) is 13.2 Å². The number of carbonyl (C=O) groups excluding carboxylic acids is 2. The van der Waals surface area contributed by atoms with Gasteiger partial charge in [0.25, 0.3) is 10.0 Å². The number of para-hydroxylation sites is 1. The van der Waals surface area contributed by atoms with Crippen LogP contribution in [-0.2, 0) is 43.4 Å². The summed E-state index contributed by atoms with van der Waals surface area (Å²) in [7, 11) is -2.92. The van der Waals surface area contributed by atoms with Crippen LogP contribution < -0.4 is 14.4 Å². The number of hydrogen-bond acceptors (Lipinski definition) is 6. The largest absolute Gasteiger partial charge is 0.492 e. The second kappa shape index (κ2) is 13.3. The third-order valence-corrected chi connectivity index (χ3v) is 9.55. The van der Waals surface area contributed by atoms with Gasteiger partial charge >= 0.3 is 12.1 Å². The molecule has 4 aromatic carbocycles. The molecule has 0 spiro atoms. The van der Waals surface area contributed by atoms with E-state index in [1.807, 2.05) is 6.92 Å². The lowest BCUT2D eigenvalue weighted by atomic mass is 10.0. The van der Waals surface area contributed by atoms with Crippen LogP contribution in [0.2, 0.25) is 0 Å². The third-order valence-electron chi connectivity index (χ3n) is 7.71. The van der Waals surface area contributed by atoms with Crippen molar-refractivity contribution in [2.45, 2.75) is 36.9 Å². The van der Waals surface area contributed by atoms with Crippen molar-refractivity contribution in [1.82, 2.24) is 5.32 Å². The van der Waals surface area contributed by atoms with Gasteiger partial charge in [-0.3, -0.25) is 13.9 Å². The molecule has 1 amide bonds. The van der Waals surface area contributed by atoms with Crippen molar-refractivity contribution in [1.29, 1.82) is 0 Å². The summed E-state index contributed by atoms with van der Waals surface area (Å²) < 4.78 is 79.1. The Bertz CT molecular complexity index is 1860. The van der Waals surface area contributed by atoms with E-state index >= 15 is 0 Å². The van der Waals surface area contributed by atoms with Gasteiger partial charge in [0.05, 0.1) is 36.2 Å². The number of anilines is 1. The molecule has 240 valence electrons. The van der Waals surface area contributed by atoms with E-state index in [0.29, 0.717) is 22.6 Å². The molecule has 12 heteroatoms. The van der Waals surface area contributed by atoms with Crippen LogP contribution >= 0.6 is 0 Å². The summed E-state index contributed by atoms with van der Waals surface area (Å²) in [5.74, 6) is -0.309. The van der Waals surface area contributed by atoms with Crippen LogP contribution in [0.3, 0.4) is 0 Å². The number of amides is 1. The molecule has 0 aromatic heterocycles. The average Bonchev–Trinajstić information content (AvgIpc) is 3.45. The van der Waals surface area contributed by atoms with E-state index in [4.69, 9.17) is 9.47 Å². The van der Waals surface area contributed by atoms with E-state index in [1.54, 1.807) is 42.5 Å². The topological polar surface area (TPSA) is 102 Å². The Labute approximate surface area is 264 Å². The minimum Gasteiger partial charge on any atom is -0.492 e. The fourth-order valence-corrected chi connectivity index (χ4v) is 6.96. The third kappa shape index (κ3) is 7.02. The number of sulfonamides is 1. The molecule has 0 bridgehead atoms. The van der Waals surface area contributed by atoms with Crippen LogP contribution in [0.5, 0.6) is 5.75 Å². The maximum Gasteiger partial charge on any atom is 0.416 e. The highest BCUT2D eigenvalue weighted by atomic mass is 32.2. The Hall–Kier alpha value is -4.84. The van der Waals surface area contributed by atoms with Gasteiger partial charge in [-0.15, -0.1) is 0 Å². The zero-order chi connectivity index (χ0) is 33.1. The van der Waals surface area contributed by atoms with Gasteiger partial charge in [0.1, 0.15) is 18.4 Å². The number of halogens is 3. The first-order chi connectivity index (χ1) is 21.9. The van der Waals surface area contributed by atoms with Crippen LogP contribution in [0.1, 0.15) is 22.3 Å². The highest BCUT2D eigenvalue weighted by Gasteiger charge is 2.42. The number of nitrogens with zero attached hydrogens (tertiary/aromatic N) is 1. The van der Waals surface area contributed by atoms with Crippen molar-refractivity contribution < 1.29 is 40.7 Å². The number of ether oxygens (including phenoxy) is 2. The van der Waals surface area contributed by atoms with Crippen molar-refractivity contribution >= 4 is 27.6 Å². The number of alkyl halides is 3. The number of aryl methyl sites for hydroxylation is 1. The number of benzene rings is 4. The molecule has 8 nitrogen and oxygen atoms in total. The highest BCUT2D eigenvalue weighted by Crippen LogP contribution is 2.38. The first-order valence-electron chi connectivity index (χ1n) is 14.4. The molecular formula is C34H31F3N2O6S. The monoisotopic (exact) mass is 652 g/mol. The van der Waals surface area contributed by atoms with Gasteiger partial charge in [-0.25, -0.2) is 8.42 Å². The number of methoxy groups -OCH3 is 1. The fourth-order valence-electron chi connectivity index (χ4n) is 5.31. The molecule has 46 heavy (non-hydrogen) atoms. The number of fused-ring (bicyclic) bond motifs is 1. The predicted octanol–water partition coefficient (Wildman–Crippen LogP) is 5.71. The van der Waals surface area contributed by atoms with E-state index in [0.717, 1.165) is 27.6 Å². The van der Waals surface area contributed by atoms with Crippen LogP contribution in [0.15, 0.2) is 95.9 Å². The summed E-state index contributed by atoms with van der Waals surface area (Å²) in [4.78, 5) is 24.9. The van der Waals surface area contributed by atoms with Crippen LogP contribution in [0.25, 0.3) is 11.1 Å². The summed E-state index contributed by atoms with van der Waals surface area (Å²) in [5.41, 5.74) is 2.61. The number of esters is 1. The predicted molar refractivity (Wildman–Crippen MR) is 166 cm³/mol. The molecule has 1 aliphatic rings. The van der Waals surface area contributed by atoms with Crippen molar-refractivity contribution in [3.63, 3.8) is 0 Å².